The Labute approximate surface area is 423 Å². The fourth-order valence-corrected chi connectivity index (χ4v) is 9.78. The second-order valence-electron chi connectivity index (χ2n) is 20.4. The first-order valence-electron chi connectivity index (χ1n) is 27.8. The first-order valence-corrected chi connectivity index (χ1v) is 27.8. The fourth-order valence-electron chi connectivity index (χ4n) is 9.78. The number of ether oxygens (including phenoxy) is 6. The van der Waals surface area contributed by atoms with E-state index in [0.717, 1.165) is 51.4 Å². The molecule has 3 rings (SSSR count). The van der Waals surface area contributed by atoms with Crippen molar-refractivity contribution in [2.75, 3.05) is 26.4 Å². The standard InChI is InChI=1S/C52H99NO18/c1-3-5-7-9-10-11-12-13-14-15-16-17-18-19-20-21-22-23-24-26-28-30-40(58)53-35(36(57)29-27-25-8-6-4-2)34-66-50-46(64)43(61)48(38(32-55)68-50)71-52-47(65)44(62)49(39(33-56)69-52)70-51-45(63)42(60)41(59)37(31-54)67-51/h35-39,41-52,54-57,59-65H,3-34H2,1-2H3,(H,53,58). The highest BCUT2D eigenvalue weighted by Gasteiger charge is 2.53. The molecule has 71 heavy (non-hydrogen) atoms. The lowest BCUT2D eigenvalue weighted by molar-refractivity contribution is -0.379. The maximum Gasteiger partial charge on any atom is 0.220 e. The zero-order valence-electron chi connectivity index (χ0n) is 43.2. The first-order chi connectivity index (χ1) is 34.3. The molecule has 3 aliphatic rings. The minimum absolute atomic E-state index is 0.247. The molecule has 3 heterocycles. The van der Waals surface area contributed by atoms with Gasteiger partial charge in [-0.1, -0.05) is 174 Å². The molecular weight excluding hydrogens is 927 g/mol. The summed E-state index contributed by atoms with van der Waals surface area (Å²) < 4.78 is 34.1. The maximum absolute atomic E-state index is 13.2. The second-order valence-corrected chi connectivity index (χ2v) is 20.4. The van der Waals surface area contributed by atoms with Crippen molar-refractivity contribution >= 4 is 5.91 Å². The highest BCUT2D eigenvalue weighted by Crippen LogP contribution is 2.33. The van der Waals surface area contributed by atoms with Crippen LogP contribution in [0.25, 0.3) is 0 Å². The van der Waals surface area contributed by atoms with E-state index in [1.54, 1.807) is 0 Å². The van der Waals surface area contributed by atoms with Gasteiger partial charge in [0.25, 0.3) is 0 Å². The normalized spacial score (nSPS) is 32.2. The summed E-state index contributed by atoms with van der Waals surface area (Å²) in [6.45, 7) is 1.68. The smallest absolute Gasteiger partial charge is 0.220 e. The van der Waals surface area contributed by atoms with Gasteiger partial charge in [-0.05, 0) is 12.8 Å². The summed E-state index contributed by atoms with van der Waals surface area (Å²) in [4.78, 5) is 13.2. The molecule has 3 fully saturated rings. The van der Waals surface area contributed by atoms with Gasteiger partial charge in [0, 0.05) is 6.42 Å². The Balaban J connectivity index is 1.41. The maximum atomic E-state index is 13.2. The first kappa shape index (κ1) is 64.1. The molecule has 0 aromatic rings. The number of carbonyl (C=O) groups excluding carboxylic acids is 1. The van der Waals surface area contributed by atoms with E-state index in [-0.39, 0.29) is 18.9 Å². The molecule has 17 unspecified atom stereocenters. The molecule has 0 aromatic carbocycles. The van der Waals surface area contributed by atoms with Gasteiger partial charge in [-0.2, -0.15) is 0 Å². The minimum atomic E-state index is -1.97. The Morgan fingerprint density at radius 2 is 0.803 bits per heavy atom. The Hall–Kier alpha value is -1.21. The number of aliphatic hydroxyl groups is 11. The number of hydrogen-bond donors (Lipinski definition) is 12. The van der Waals surface area contributed by atoms with E-state index in [9.17, 15) is 61.0 Å². The predicted molar refractivity (Wildman–Crippen MR) is 264 cm³/mol. The van der Waals surface area contributed by atoms with Gasteiger partial charge in [0.1, 0.15) is 73.2 Å². The number of amides is 1. The lowest BCUT2D eigenvalue weighted by Gasteiger charge is -2.48. The van der Waals surface area contributed by atoms with Crippen molar-refractivity contribution in [1.82, 2.24) is 5.32 Å². The average Bonchev–Trinajstić information content (AvgIpc) is 3.36. The largest absolute Gasteiger partial charge is 0.394 e. The monoisotopic (exact) mass is 1030 g/mol. The molecule has 12 N–H and O–H groups in total. The van der Waals surface area contributed by atoms with Crippen LogP contribution in [0.1, 0.15) is 194 Å². The van der Waals surface area contributed by atoms with Crippen molar-refractivity contribution in [3.63, 3.8) is 0 Å². The van der Waals surface area contributed by atoms with E-state index in [1.165, 1.54) is 109 Å². The topological polar surface area (TPSA) is 307 Å². The quantitative estimate of drug-likeness (QED) is 0.0392. The number of aliphatic hydroxyl groups excluding tert-OH is 11. The van der Waals surface area contributed by atoms with Crippen molar-refractivity contribution in [3.05, 3.63) is 0 Å². The molecule has 420 valence electrons. The van der Waals surface area contributed by atoms with Crippen LogP contribution in [0.5, 0.6) is 0 Å². The van der Waals surface area contributed by atoms with Gasteiger partial charge in [0.05, 0.1) is 38.6 Å². The van der Waals surface area contributed by atoms with Gasteiger partial charge in [-0.25, -0.2) is 0 Å². The third-order valence-corrected chi connectivity index (χ3v) is 14.4. The predicted octanol–water partition coefficient (Wildman–Crippen LogP) is 3.26. The average molecular weight is 1030 g/mol. The summed E-state index contributed by atoms with van der Waals surface area (Å²) in [5.74, 6) is -0.247. The van der Waals surface area contributed by atoms with Crippen LogP contribution in [0.4, 0.5) is 0 Å². The van der Waals surface area contributed by atoms with Crippen molar-refractivity contribution in [1.29, 1.82) is 0 Å². The van der Waals surface area contributed by atoms with E-state index < -0.39 is 124 Å². The van der Waals surface area contributed by atoms with Crippen LogP contribution in [-0.4, -0.2) is 193 Å². The molecule has 19 nitrogen and oxygen atoms in total. The Bertz CT molecular complexity index is 1320. The molecule has 0 aromatic heterocycles. The van der Waals surface area contributed by atoms with Gasteiger partial charge >= 0.3 is 0 Å². The zero-order valence-corrected chi connectivity index (χ0v) is 43.2. The van der Waals surface area contributed by atoms with Gasteiger partial charge in [0.15, 0.2) is 18.9 Å². The molecule has 0 saturated carbocycles. The van der Waals surface area contributed by atoms with Crippen molar-refractivity contribution in [3.8, 4) is 0 Å². The third-order valence-electron chi connectivity index (χ3n) is 14.4. The molecule has 0 radical (unpaired) electrons. The molecular formula is C52H99NO18. The summed E-state index contributed by atoms with van der Waals surface area (Å²) in [5.41, 5.74) is 0. The number of carbonyl (C=O) groups is 1. The SMILES string of the molecule is CCCCCCCCCCCCCCCCCCCCCCCC(=O)NC(COC1OC(CO)C(OC2OC(CO)C(OC3OC(CO)C(O)C(O)C3O)C(O)C2O)C(O)C1O)C(O)CCCCCCC. The minimum Gasteiger partial charge on any atom is -0.394 e. The number of rotatable bonds is 40. The number of nitrogens with one attached hydrogen (secondary N) is 1. The van der Waals surface area contributed by atoms with Gasteiger partial charge < -0.3 is 89.9 Å². The van der Waals surface area contributed by atoms with E-state index >= 15 is 0 Å². The van der Waals surface area contributed by atoms with Crippen LogP contribution >= 0.6 is 0 Å². The number of unbranched alkanes of at least 4 members (excludes halogenated alkanes) is 24. The Morgan fingerprint density at radius 3 is 1.23 bits per heavy atom. The Morgan fingerprint density at radius 1 is 0.451 bits per heavy atom. The molecule has 17 atom stereocenters. The van der Waals surface area contributed by atoms with Gasteiger partial charge in [0.2, 0.25) is 5.91 Å². The third kappa shape index (κ3) is 22.9. The molecule has 19 heteroatoms. The van der Waals surface area contributed by atoms with E-state index in [0.29, 0.717) is 12.8 Å². The zero-order chi connectivity index (χ0) is 52.0. The summed E-state index contributed by atoms with van der Waals surface area (Å²) in [7, 11) is 0. The van der Waals surface area contributed by atoms with Crippen LogP contribution in [0, 0.1) is 0 Å². The molecule has 1 amide bonds. The van der Waals surface area contributed by atoms with Crippen LogP contribution in [-0.2, 0) is 33.2 Å². The lowest BCUT2D eigenvalue weighted by Crippen LogP contribution is -2.66. The van der Waals surface area contributed by atoms with Crippen molar-refractivity contribution in [2.45, 2.75) is 298 Å². The van der Waals surface area contributed by atoms with E-state index in [4.69, 9.17) is 28.4 Å². The van der Waals surface area contributed by atoms with Crippen LogP contribution in [0.2, 0.25) is 0 Å². The highest BCUT2D eigenvalue weighted by molar-refractivity contribution is 5.76. The Kier molecular flexibility index (Phi) is 33.9. The highest BCUT2D eigenvalue weighted by atomic mass is 16.8. The summed E-state index contributed by atoms with van der Waals surface area (Å²) in [5, 5.41) is 119. The second kappa shape index (κ2) is 37.5. The number of hydrogen-bond acceptors (Lipinski definition) is 18. The van der Waals surface area contributed by atoms with Gasteiger partial charge in [-0.3, -0.25) is 4.79 Å². The van der Waals surface area contributed by atoms with Crippen molar-refractivity contribution in [2.24, 2.45) is 0 Å². The molecule has 0 aliphatic carbocycles. The van der Waals surface area contributed by atoms with E-state index in [2.05, 4.69) is 19.2 Å². The summed E-state index contributed by atoms with van der Waals surface area (Å²) in [6, 6.07) is -0.876. The van der Waals surface area contributed by atoms with Crippen molar-refractivity contribution < 1.29 is 89.4 Å². The summed E-state index contributed by atoms with van der Waals surface area (Å²) >= 11 is 0. The fraction of sp³-hybridized carbons (Fsp3) is 0.981. The van der Waals surface area contributed by atoms with Crippen LogP contribution < -0.4 is 5.32 Å². The molecule has 0 spiro atoms. The molecule has 0 bridgehead atoms. The van der Waals surface area contributed by atoms with E-state index in [1.807, 2.05) is 0 Å². The van der Waals surface area contributed by atoms with Crippen LogP contribution in [0.15, 0.2) is 0 Å². The lowest BCUT2D eigenvalue weighted by atomic mass is 9.96. The van der Waals surface area contributed by atoms with Gasteiger partial charge in [-0.15, -0.1) is 0 Å². The summed E-state index contributed by atoms with van der Waals surface area (Å²) in [6.07, 6.45) is 5.64. The molecule has 3 aliphatic heterocycles. The van der Waals surface area contributed by atoms with Crippen LogP contribution in [0.3, 0.4) is 0 Å². The molecule has 3 saturated heterocycles.